The van der Waals surface area contributed by atoms with Gasteiger partial charge in [0.2, 0.25) is 0 Å². The summed E-state index contributed by atoms with van der Waals surface area (Å²) in [5.74, 6) is 1.80. The Bertz CT molecular complexity index is 951. The number of hydrogen-bond donors (Lipinski definition) is 1. The van der Waals surface area contributed by atoms with Crippen molar-refractivity contribution < 1.29 is 17.9 Å². The van der Waals surface area contributed by atoms with Crippen LogP contribution in [0.4, 0.5) is 13.2 Å². The molecule has 1 N–H and O–H groups in total. The number of halogens is 3. The first-order valence-electron chi connectivity index (χ1n) is 8.85. The average molecular weight is 375 g/mol. The number of rotatable bonds is 4. The summed E-state index contributed by atoms with van der Waals surface area (Å²) < 4.78 is 44.1. The first kappa shape index (κ1) is 17.9. The number of methoxy groups -OCH3 is 1. The summed E-state index contributed by atoms with van der Waals surface area (Å²) in [4.78, 5) is 9.93. The molecule has 7 heteroatoms. The van der Waals surface area contributed by atoms with E-state index in [4.69, 9.17) is 4.74 Å². The molecule has 0 aliphatic carbocycles. The van der Waals surface area contributed by atoms with Crippen LogP contribution in [0.15, 0.2) is 42.5 Å². The van der Waals surface area contributed by atoms with E-state index >= 15 is 0 Å². The molecule has 1 unspecified atom stereocenters. The molecule has 0 spiro atoms. The van der Waals surface area contributed by atoms with Crippen molar-refractivity contribution in [1.82, 2.24) is 14.9 Å². The van der Waals surface area contributed by atoms with Crippen molar-refractivity contribution in [2.45, 2.75) is 25.1 Å². The molecule has 2 aromatic carbocycles. The lowest BCUT2D eigenvalue weighted by molar-refractivity contribution is -0.137. The van der Waals surface area contributed by atoms with Gasteiger partial charge in [-0.2, -0.15) is 13.2 Å². The lowest BCUT2D eigenvalue weighted by atomic mass is 10.1. The molecule has 1 atom stereocenters. The molecule has 2 heterocycles. The van der Waals surface area contributed by atoms with Crippen LogP contribution in [0.25, 0.3) is 11.0 Å². The highest BCUT2D eigenvalue weighted by Gasteiger charge is 2.31. The highest BCUT2D eigenvalue weighted by molar-refractivity contribution is 5.76. The average Bonchev–Trinajstić information content (AvgIpc) is 3.27. The van der Waals surface area contributed by atoms with Gasteiger partial charge in [-0.15, -0.1) is 0 Å². The van der Waals surface area contributed by atoms with E-state index in [1.807, 2.05) is 24.3 Å². The van der Waals surface area contributed by atoms with E-state index < -0.39 is 11.7 Å². The maximum absolute atomic E-state index is 12.9. The molecular formula is C20H20F3N3O. The zero-order valence-electron chi connectivity index (χ0n) is 14.9. The van der Waals surface area contributed by atoms with Gasteiger partial charge in [-0.3, -0.25) is 4.90 Å². The number of H-pyrrole nitrogens is 1. The smallest absolute Gasteiger partial charge is 0.416 e. The van der Waals surface area contributed by atoms with Crippen LogP contribution >= 0.6 is 0 Å². The summed E-state index contributed by atoms with van der Waals surface area (Å²) in [6, 6.07) is 11.6. The van der Waals surface area contributed by atoms with Gasteiger partial charge in [0.25, 0.3) is 0 Å². The minimum atomic E-state index is -4.35. The summed E-state index contributed by atoms with van der Waals surface area (Å²) in [7, 11) is 1.66. The molecule has 0 amide bonds. The molecule has 1 aliphatic heterocycles. The molecular weight excluding hydrogens is 355 g/mol. The summed E-state index contributed by atoms with van der Waals surface area (Å²) in [5, 5.41) is 0. The van der Waals surface area contributed by atoms with E-state index in [0.29, 0.717) is 11.0 Å². The standard InChI is InChI=1S/C20H20F3N3O/c1-27-18-5-3-2-4-13(18)11-26-9-8-14(12-26)19-24-16-7-6-15(20(21,22)23)10-17(16)25-19/h2-7,10,14H,8-9,11-12H2,1H3,(H,24,25). The number of aromatic amines is 1. The number of imidazole rings is 1. The van der Waals surface area contributed by atoms with Crippen LogP contribution in [0.1, 0.15) is 29.3 Å². The Balaban J connectivity index is 1.50. The lowest BCUT2D eigenvalue weighted by Gasteiger charge is -2.17. The van der Waals surface area contributed by atoms with Crippen molar-refractivity contribution in [3.8, 4) is 5.75 Å². The van der Waals surface area contributed by atoms with Gasteiger partial charge in [0.15, 0.2) is 0 Å². The minimum Gasteiger partial charge on any atom is -0.496 e. The Kier molecular flexibility index (Phi) is 4.55. The van der Waals surface area contributed by atoms with Crippen LogP contribution in [0.2, 0.25) is 0 Å². The van der Waals surface area contributed by atoms with Gasteiger partial charge in [-0.25, -0.2) is 4.98 Å². The third-order valence-electron chi connectivity index (χ3n) is 5.07. The summed E-state index contributed by atoms with van der Waals surface area (Å²) in [6.07, 6.45) is -3.43. The first-order chi connectivity index (χ1) is 12.9. The van der Waals surface area contributed by atoms with E-state index in [9.17, 15) is 13.2 Å². The zero-order chi connectivity index (χ0) is 19.0. The number of ether oxygens (including phenoxy) is 1. The molecule has 1 aromatic heterocycles. The van der Waals surface area contributed by atoms with Crippen molar-refractivity contribution >= 4 is 11.0 Å². The fraction of sp³-hybridized carbons (Fsp3) is 0.350. The minimum absolute atomic E-state index is 0.182. The van der Waals surface area contributed by atoms with Gasteiger partial charge in [0.05, 0.1) is 23.7 Å². The maximum Gasteiger partial charge on any atom is 0.416 e. The van der Waals surface area contributed by atoms with Crippen molar-refractivity contribution in [3.63, 3.8) is 0 Å². The molecule has 3 aromatic rings. The van der Waals surface area contributed by atoms with Gasteiger partial charge in [0, 0.05) is 24.6 Å². The van der Waals surface area contributed by atoms with Crippen LogP contribution in [-0.4, -0.2) is 35.1 Å². The Morgan fingerprint density at radius 1 is 1.22 bits per heavy atom. The third-order valence-corrected chi connectivity index (χ3v) is 5.07. The Labute approximate surface area is 155 Å². The summed E-state index contributed by atoms with van der Waals surface area (Å²) >= 11 is 0. The zero-order valence-corrected chi connectivity index (χ0v) is 14.9. The van der Waals surface area contributed by atoms with Crippen molar-refractivity contribution in [3.05, 3.63) is 59.4 Å². The number of likely N-dealkylation sites (tertiary alicyclic amines) is 1. The predicted octanol–water partition coefficient (Wildman–Crippen LogP) is 4.58. The van der Waals surface area contributed by atoms with E-state index in [2.05, 4.69) is 14.9 Å². The number of nitrogens with one attached hydrogen (secondary N) is 1. The normalized spacial score (nSPS) is 18.3. The van der Waals surface area contributed by atoms with E-state index in [1.165, 1.54) is 6.07 Å². The molecule has 1 fully saturated rings. The number of aromatic nitrogens is 2. The van der Waals surface area contributed by atoms with Crippen LogP contribution < -0.4 is 4.74 Å². The van der Waals surface area contributed by atoms with Gasteiger partial charge < -0.3 is 9.72 Å². The molecule has 1 saturated heterocycles. The van der Waals surface area contributed by atoms with Gasteiger partial charge in [-0.05, 0) is 37.2 Å². The SMILES string of the molecule is COc1ccccc1CN1CCC(c2nc3ccc(C(F)(F)F)cc3[nH]2)C1. The number of hydrogen-bond acceptors (Lipinski definition) is 3. The predicted molar refractivity (Wildman–Crippen MR) is 96.7 cm³/mol. The van der Waals surface area contributed by atoms with Gasteiger partial charge >= 0.3 is 6.18 Å². The molecule has 0 bridgehead atoms. The quantitative estimate of drug-likeness (QED) is 0.726. The Hall–Kier alpha value is -2.54. The lowest BCUT2D eigenvalue weighted by Crippen LogP contribution is -2.20. The molecule has 27 heavy (non-hydrogen) atoms. The Morgan fingerprint density at radius 3 is 2.81 bits per heavy atom. The molecule has 0 saturated carbocycles. The second kappa shape index (κ2) is 6.88. The summed E-state index contributed by atoms with van der Waals surface area (Å²) in [5.41, 5.74) is 1.47. The van der Waals surface area contributed by atoms with Crippen LogP contribution in [0.3, 0.4) is 0 Å². The molecule has 4 nitrogen and oxygen atoms in total. The number of fused-ring (bicyclic) bond motifs is 1. The van der Waals surface area contributed by atoms with Crippen molar-refractivity contribution in [1.29, 1.82) is 0 Å². The van der Waals surface area contributed by atoms with Crippen molar-refractivity contribution in [2.75, 3.05) is 20.2 Å². The van der Waals surface area contributed by atoms with Gasteiger partial charge in [-0.1, -0.05) is 18.2 Å². The number of nitrogens with zero attached hydrogens (tertiary/aromatic N) is 2. The monoisotopic (exact) mass is 375 g/mol. The molecule has 1 aliphatic rings. The van der Waals surface area contributed by atoms with E-state index in [0.717, 1.165) is 55.3 Å². The van der Waals surface area contributed by atoms with E-state index in [-0.39, 0.29) is 5.92 Å². The molecule has 142 valence electrons. The molecule has 0 radical (unpaired) electrons. The van der Waals surface area contributed by atoms with Crippen LogP contribution in [-0.2, 0) is 12.7 Å². The molecule has 4 rings (SSSR count). The Morgan fingerprint density at radius 2 is 2.04 bits per heavy atom. The highest BCUT2D eigenvalue weighted by atomic mass is 19.4. The second-order valence-electron chi connectivity index (χ2n) is 6.88. The number of benzene rings is 2. The second-order valence-corrected chi connectivity index (χ2v) is 6.88. The maximum atomic E-state index is 12.9. The fourth-order valence-electron chi connectivity index (χ4n) is 3.67. The van der Waals surface area contributed by atoms with Crippen LogP contribution in [0, 0.1) is 0 Å². The first-order valence-corrected chi connectivity index (χ1v) is 8.85. The number of para-hydroxylation sites is 1. The fourth-order valence-corrected chi connectivity index (χ4v) is 3.67. The largest absolute Gasteiger partial charge is 0.496 e. The van der Waals surface area contributed by atoms with E-state index in [1.54, 1.807) is 7.11 Å². The topological polar surface area (TPSA) is 41.1 Å². The van der Waals surface area contributed by atoms with Crippen LogP contribution in [0.5, 0.6) is 5.75 Å². The van der Waals surface area contributed by atoms with Gasteiger partial charge in [0.1, 0.15) is 11.6 Å². The summed E-state index contributed by atoms with van der Waals surface area (Å²) in [6.45, 7) is 2.50. The third kappa shape index (κ3) is 3.64. The number of alkyl halides is 3. The highest BCUT2D eigenvalue weighted by Crippen LogP contribution is 2.33. The van der Waals surface area contributed by atoms with Crippen molar-refractivity contribution in [2.24, 2.45) is 0 Å².